The molecule has 4 aromatic rings. The summed E-state index contributed by atoms with van der Waals surface area (Å²) in [5.41, 5.74) is 5.92. The van der Waals surface area contributed by atoms with Crippen molar-refractivity contribution < 1.29 is 4.53 Å². The van der Waals surface area contributed by atoms with Crippen molar-refractivity contribution in [2.24, 2.45) is 5.16 Å². The van der Waals surface area contributed by atoms with Crippen molar-refractivity contribution in [3.63, 3.8) is 0 Å². The molecule has 2 nitrogen and oxygen atoms in total. The molecule has 0 aromatic heterocycles. The van der Waals surface area contributed by atoms with E-state index in [1.165, 1.54) is 16.7 Å². The van der Waals surface area contributed by atoms with Gasteiger partial charge < -0.3 is 4.53 Å². The minimum atomic E-state index is -2.40. The number of benzene rings is 4. The van der Waals surface area contributed by atoms with E-state index in [1.54, 1.807) is 0 Å². The average Bonchev–Trinajstić information content (AvgIpc) is 2.85. The summed E-state index contributed by atoms with van der Waals surface area (Å²) in [6.07, 6.45) is 0. The Kier molecular flexibility index (Phi) is 7.31. The number of rotatable bonds is 9. The van der Waals surface area contributed by atoms with Gasteiger partial charge in [0.2, 0.25) is 0 Å². The van der Waals surface area contributed by atoms with Crippen LogP contribution in [0.2, 0.25) is 0 Å². The van der Waals surface area contributed by atoms with E-state index in [-0.39, 0.29) is 0 Å². The lowest BCUT2D eigenvalue weighted by Crippen LogP contribution is -2.46. The van der Waals surface area contributed by atoms with Crippen LogP contribution in [0.3, 0.4) is 0 Å². The van der Waals surface area contributed by atoms with Gasteiger partial charge in [-0.2, -0.15) is 0 Å². The molecule has 0 unspecified atom stereocenters. The summed E-state index contributed by atoms with van der Waals surface area (Å²) in [6.45, 7) is 2.03. The third-order valence-electron chi connectivity index (χ3n) is 5.68. The lowest BCUT2D eigenvalue weighted by atomic mass is 10.1. The molecule has 0 radical (unpaired) electrons. The molecule has 0 aliphatic rings. The maximum absolute atomic E-state index is 6.68. The quantitative estimate of drug-likeness (QED) is 0.162. The van der Waals surface area contributed by atoms with E-state index in [9.17, 15) is 0 Å². The zero-order valence-corrected chi connectivity index (χ0v) is 19.5. The summed E-state index contributed by atoms with van der Waals surface area (Å²) in [6, 6.07) is 45.1. The van der Waals surface area contributed by atoms with Gasteiger partial charge in [-0.1, -0.05) is 121 Å². The summed E-state index contributed by atoms with van der Waals surface area (Å²) >= 11 is 0. The van der Waals surface area contributed by atoms with Gasteiger partial charge in [0, 0.05) is 18.1 Å². The zero-order valence-electron chi connectivity index (χ0n) is 18.5. The fraction of sp³-hybridized carbons (Fsp3) is 0.138. The second kappa shape index (κ2) is 10.7. The van der Waals surface area contributed by atoms with Crippen LogP contribution in [0, 0.1) is 0 Å². The van der Waals surface area contributed by atoms with E-state index in [4.69, 9.17) is 9.68 Å². The second-order valence-electron chi connectivity index (χ2n) is 8.30. The summed E-state index contributed by atoms with van der Waals surface area (Å²) < 4.78 is 6.68. The first-order valence-electron chi connectivity index (χ1n) is 11.1. The van der Waals surface area contributed by atoms with Crippen molar-refractivity contribution in [3.8, 4) is 0 Å². The summed E-state index contributed by atoms with van der Waals surface area (Å²) in [4.78, 5) is 0. The van der Waals surface area contributed by atoms with Gasteiger partial charge in [0.05, 0.1) is 5.71 Å². The standard InChI is InChI=1S/C29H29NOSi/c1-25(29-20-12-5-13-21-29)30-31-32(22-26-14-6-2-7-15-26,23-27-16-8-3-9-17-27)24-28-18-10-4-11-19-28/h2-21H,22-24H2,1H3. The van der Waals surface area contributed by atoms with Gasteiger partial charge in [0.25, 0.3) is 8.32 Å². The highest BCUT2D eigenvalue weighted by Crippen LogP contribution is 2.25. The molecule has 0 spiro atoms. The molecule has 32 heavy (non-hydrogen) atoms. The minimum absolute atomic E-state index is 0.906. The molecule has 0 saturated carbocycles. The highest BCUT2D eigenvalue weighted by Gasteiger charge is 2.39. The van der Waals surface area contributed by atoms with Crippen LogP contribution >= 0.6 is 0 Å². The normalized spacial score (nSPS) is 11.8. The van der Waals surface area contributed by atoms with Crippen LogP contribution < -0.4 is 0 Å². The Morgan fingerprint density at radius 1 is 0.562 bits per heavy atom. The highest BCUT2D eigenvalue weighted by molar-refractivity contribution is 6.72. The maximum Gasteiger partial charge on any atom is 0.300 e. The van der Waals surface area contributed by atoms with Crippen molar-refractivity contribution in [1.29, 1.82) is 0 Å². The molecule has 0 amide bonds. The third kappa shape index (κ3) is 6.05. The number of hydrogen-bond acceptors (Lipinski definition) is 2. The highest BCUT2D eigenvalue weighted by atomic mass is 28.4. The molecule has 0 saturated heterocycles. The van der Waals surface area contributed by atoms with Gasteiger partial charge >= 0.3 is 0 Å². The van der Waals surface area contributed by atoms with Crippen molar-refractivity contribution >= 4 is 14.0 Å². The molecule has 0 aliphatic carbocycles. The van der Waals surface area contributed by atoms with E-state index in [0.29, 0.717) is 0 Å². The average molecular weight is 436 g/mol. The van der Waals surface area contributed by atoms with Crippen molar-refractivity contribution in [2.45, 2.75) is 25.1 Å². The minimum Gasteiger partial charge on any atom is -0.454 e. The van der Waals surface area contributed by atoms with Crippen molar-refractivity contribution in [3.05, 3.63) is 144 Å². The monoisotopic (exact) mass is 435 g/mol. The van der Waals surface area contributed by atoms with Gasteiger partial charge in [-0.05, 0) is 29.2 Å². The third-order valence-corrected chi connectivity index (χ3v) is 9.31. The van der Waals surface area contributed by atoms with Crippen LogP contribution in [-0.4, -0.2) is 14.0 Å². The fourth-order valence-electron chi connectivity index (χ4n) is 4.09. The molecular formula is C29H29NOSi. The lowest BCUT2D eigenvalue weighted by Gasteiger charge is -2.30. The smallest absolute Gasteiger partial charge is 0.300 e. The molecule has 3 heteroatoms. The Morgan fingerprint density at radius 3 is 1.28 bits per heavy atom. The maximum atomic E-state index is 6.68. The summed E-state index contributed by atoms with van der Waals surface area (Å²) in [5.74, 6) is 0. The first-order chi connectivity index (χ1) is 15.7. The largest absolute Gasteiger partial charge is 0.454 e. The topological polar surface area (TPSA) is 21.6 Å². The van der Waals surface area contributed by atoms with Gasteiger partial charge in [-0.25, -0.2) is 0 Å². The first-order valence-corrected chi connectivity index (χ1v) is 13.7. The van der Waals surface area contributed by atoms with Gasteiger partial charge in [0.15, 0.2) is 0 Å². The van der Waals surface area contributed by atoms with Crippen LogP contribution in [-0.2, 0) is 22.7 Å². The predicted molar refractivity (Wildman–Crippen MR) is 136 cm³/mol. The Hall–Kier alpha value is -3.43. The molecule has 0 N–H and O–H groups in total. The van der Waals surface area contributed by atoms with Gasteiger partial charge in [0.1, 0.15) is 0 Å². The van der Waals surface area contributed by atoms with E-state index >= 15 is 0 Å². The van der Waals surface area contributed by atoms with Crippen molar-refractivity contribution in [1.82, 2.24) is 0 Å². The molecule has 0 bridgehead atoms. The number of hydrogen-bond donors (Lipinski definition) is 0. The van der Waals surface area contributed by atoms with Gasteiger partial charge in [-0.15, -0.1) is 5.16 Å². The molecule has 0 fully saturated rings. The first kappa shape index (κ1) is 21.8. The molecule has 0 atom stereocenters. The van der Waals surface area contributed by atoms with Gasteiger partial charge in [-0.3, -0.25) is 0 Å². The Morgan fingerprint density at radius 2 is 0.906 bits per heavy atom. The SMILES string of the molecule is CC(=NO[Si](Cc1ccccc1)(Cc1ccccc1)Cc1ccccc1)c1ccccc1. The van der Waals surface area contributed by atoms with E-state index in [1.807, 2.05) is 25.1 Å². The van der Waals surface area contributed by atoms with Crippen LogP contribution in [0.25, 0.3) is 0 Å². The molecular weight excluding hydrogens is 406 g/mol. The summed E-state index contributed by atoms with van der Waals surface area (Å²) in [7, 11) is -2.40. The van der Waals surface area contributed by atoms with E-state index in [2.05, 4.69) is 103 Å². The Labute approximate surface area is 192 Å². The molecule has 4 aromatic carbocycles. The molecule has 0 aliphatic heterocycles. The number of oxime groups is 1. The number of nitrogens with zero attached hydrogens (tertiary/aromatic N) is 1. The van der Waals surface area contributed by atoms with Crippen LogP contribution in [0.4, 0.5) is 0 Å². The van der Waals surface area contributed by atoms with Crippen LogP contribution in [0.1, 0.15) is 29.2 Å². The van der Waals surface area contributed by atoms with Crippen LogP contribution in [0.15, 0.2) is 126 Å². The second-order valence-corrected chi connectivity index (χ2v) is 11.9. The molecule has 160 valence electrons. The summed E-state index contributed by atoms with van der Waals surface area (Å²) in [5, 5.41) is 4.73. The van der Waals surface area contributed by atoms with E-state index < -0.39 is 8.32 Å². The fourth-order valence-corrected chi connectivity index (χ4v) is 7.92. The van der Waals surface area contributed by atoms with E-state index in [0.717, 1.165) is 29.4 Å². The predicted octanol–water partition coefficient (Wildman–Crippen LogP) is 6.72. The van der Waals surface area contributed by atoms with Crippen LogP contribution in [0.5, 0.6) is 0 Å². The lowest BCUT2D eigenvalue weighted by molar-refractivity contribution is 0.316. The molecule has 0 heterocycles. The Balaban J connectivity index is 1.73. The zero-order chi connectivity index (χ0) is 22.1. The Bertz CT molecular complexity index is 1010. The molecule has 4 rings (SSSR count). The van der Waals surface area contributed by atoms with Crippen molar-refractivity contribution in [2.75, 3.05) is 0 Å².